The van der Waals surface area contributed by atoms with E-state index in [-0.39, 0.29) is 5.43 Å². The van der Waals surface area contributed by atoms with Crippen LogP contribution in [0.25, 0.3) is 10.9 Å². The summed E-state index contributed by atoms with van der Waals surface area (Å²) in [6.45, 7) is 2.74. The first-order chi connectivity index (χ1) is 9.22. The Hall–Kier alpha value is -2.42. The van der Waals surface area contributed by atoms with E-state index in [9.17, 15) is 4.79 Å². The monoisotopic (exact) mass is 250 g/mol. The minimum Gasteiger partial charge on any atom is -0.350 e. The highest BCUT2D eigenvalue weighted by Gasteiger charge is 2.03. The molecule has 0 N–H and O–H groups in total. The maximum Gasteiger partial charge on any atom is 0.181 e. The van der Waals surface area contributed by atoms with Crippen LogP contribution in [0.5, 0.6) is 0 Å². The molecule has 0 aliphatic heterocycles. The molecule has 0 atom stereocenters. The molecule has 0 bridgehead atoms. The molecule has 0 spiro atoms. The minimum absolute atomic E-state index is 0.0343. The smallest absolute Gasteiger partial charge is 0.181 e. The molecule has 19 heavy (non-hydrogen) atoms. The predicted octanol–water partition coefficient (Wildman–Crippen LogP) is 2.75. The van der Waals surface area contributed by atoms with Crippen LogP contribution in [0, 0.1) is 6.92 Å². The summed E-state index contributed by atoms with van der Waals surface area (Å²) in [5.74, 6) is 0. The maximum atomic E-state index is 11.1. The van der Waals surface area contributed by atoms with Crippen LogP contribution in [0.1, 0.15) is 11.3 Å². The molecule has 0 aliphatic carbocycles. The number of fused-ring (bicyclic) bond motifs is 1. The number of rotatable bonds is 2. The topological polar surface area (TPSA) is 34.9 Å². The van der Waals surface area contributed by atoms with Crippen molar-refractivity contribution in [3.05, 3.63) is 76.3 Å². The molecule has 0 amide bonds. The first-order valence-electron chi connectivity index (χ1n) is 6.24. The van der Waals surface area contributed by atoms with Crippen molar-refractivity contribution in [2.45, 2.75) is 13.5 Å². The zero-order valence-corrected chi connectivity index (χ0v) is 10.7. The number of aryl methyl sites for hydroxylation is 1. The molecular weight excluding hydrogens is 236 g/mol. The third-order valence-electron chi connectivity index (χ3n) is 3.14. The molecule has 3 heteroatoms. The van der Waals surface area contributed by atoms with Gasteiger partial charge in [-0.2, -0.15) is 0 Å². The summed E-state index contributed by atoms with van der Waals surface area (Å²) in [6, 6.07) is 13.4. The van der Waals surface area contributed by atoms with Crippen molar-refractivity contribution in [3.63, 3.8) is 0 Å². The lowest BCUT2D eigenvalue weighted by molar-refractivity contribution is 0.792. The molecule has 0 saturated carbocycles. The zero-order chi connectivity index (χ0) is 13.2. The molecular formula is C16H14N2O. The number of hydrogen-bond donors (Lipinski definition) is 0. The fourth-order valence-electron chi connectivity index (χ4n) is 2.27. The first-order valence-corrected chi connectivity index (χ1v) is 6.24. The molecule has 3 rings (SSSR count). The summed E-state index contributed by atoms with van der Waals surface area (Å²) in [4.78, 5) is 15.7. The second-order valence-corrected chi connectivity index (χ2v) is 4.65. The Labute approximate surface area is 111 Å². The van der Waals surface area contributed by atoms with Crippen LogP contribution in [0.2, 0.25) is 0 Å². The minimum atomic E-state index is 0.0343. The van der Waals surface area contributed by atoms with Crippen molar-refractivity contribution in [1.29, 1.82) is 0 Å². The molecule has 0 radical (unpaired) electrons. The van der Waals surface area contributed by atoms with Crippen molar-refractivity contribution in [2.75, 3.05) is 0 Å². The third kappa shape index (κ3) is 2.40. The van der Waals surface area contributed by atoms with Gasteiger partial charge in [0.1, 0.15) is 0 Å². The lowest BCUT2D eigenvalue weighted by Crippen LogP contribution is -2.05. The normalized spacial score (nSPS) is 10.8. The van der Waals surface area contributed by atoms with Gasteiger partial charge in [0, 0.05) is 42.2 Å². The summed E-state index contributed by atoms with van der Waals surface area (Å²) < 4.78 is 2.00. The summed E-state index contributed by atoms with van der Waals surface area (Å²) in [5, 5.41) is 1.16. The van der Waals surface area contributed by atoms with E-state index in [1.165, 1.54) is 5.56 Å². The van der Waals surface area contributed by atoms with E-state index < -0.39 is 0 Å². The van der Waals surface area contributed by atoms with Crippen LogP contribution in [0.3, 0.4) is 0 Å². The molecule has 0 unspecified atom stereocenters. The summed E-state index contributed by atoms with van der Waals surface area (Å²) in [5.41, 5.74) is 3.27. The lowest BCUT2D eigenvalue weighted by atomic mass is 10.1. The van der Waals surface area contributed by atoms with E-state index in [1.807, 2.05) is 42.1 Å². The van der Waals surface area contributed by atoms with Crippen LogP contribution in [-0.2, 0) is 6.54 Å². The van der Waals surface area contributed by atoms with Crippen LogP contribution < -0.4 is 5.43 Å². The highest BCUT2D eigenvalue weighted by atomic mass is 16.1. The van der Waals surface area contributed by atoms with E-state index >= 15 is 0 Å². The van der Waals surface area contributed by atoms with Crippen molar-refractivity contribution in [3.8, 4) is 0 Å². The Morgan fingerprint density at radius 3 is 2.63 bits per heavy atom. The van der Waals surface area contributed by atoms with Crippen molar-refractivity contribution in [2.24, 2.45) is 0 Å². The zero-order valence-electron chi connectivity index (χ0n) is 10.7. The van der Waals surface area contributed by atoms with Crippen molar-refractivity contribution >= 4 is 10.9 Å². The highest BCUT2D eigenvalue weighted by molar-refractivity contribution is 5.82. The molecule has 0 fully saturated rings. The Morgan fingerprint density at radius 2 is 1.84 bits per heavy atom. The van der Waals surface area contributed by atoms with Crippen LogP contribution in [0.15, 0.2) is 59.7 Å². The van der Waals surface area contributed by atoms with E-state index in [4.69, 9.17) is 0 Å². The van der Waals surface area contributed by atoms with Gasteiger partial charge in [0.15, 0.2) is 5.43 Å². The first kappa shape index (κ1) is 11.7. The summed E-state index contributed by atoms with van der Waals surface area (Å²) >= 11 is 0. The Kier molecular flexibility index (Phi) is 2.88. The number of para-hydroxylation sites is 1. The molecule has 3 nitrogen and oxygen atoms in total. The van der Waals surface area contributed by atoms with Gasteiger partial charge >= 0.3 is 0 Å². The molecule has 0 saturated heterocycles. The number of nitrogens with zero attached hydrogens (tertiary/aromatic N) is 2. The van der Waals surface area contributed by atoms with Crippen LogP contribution >= 0.6 is 0 Å². The molecule has 2 aromatic heterocycles. The van der Waals surface area contributed by atoms with Gasteiger partial charge in [-0.05, 0) is 24.6 Å². The number of hydrogen-bond acceptors (Lipinski definition) is 2. The number of benzene rings is 1. The van der Waals surface area contributed by atoms with Gasteiger partial charge in [-0.1, -0.05) is 18.2 Å². The second-order valence-electron chi connectivity index (χ2n) is 4.65. The van der Waals surface area contributed by atoms with Gasteiger partial charge < -0.3 is 4.57 Å². The van der Waals surface area contributed by atoms with E-state index in [0.717, 1.165) is 23.1 Å². The van der Waals surface area contributed by atoms with E-state index in [2.05, 4.69) is 17.1 Å². The molecule has 1 aromatic carbocycles. The van der Waals surface area contributed by atoms with E-state index in [0.29, 0.717) is 0 Å². The highest BCUT2D eigenvalue weighted by Crippen LogP contribution is 2.18. The van der Waals surface area contributed by atoms with Gasteiger partial charge in [-0.15, -0.1) is 0 Å². The summed E-state index contributed by atoms with van der Waals surface area (Å²) in [6.07, 6.45) is 3.62. The average molecular weight is 250 g/mol. The van der Waals surface area contributed by atoms with Gasteiger partial charge in [0.05, 0.1) is 5.52 Å². The number of pyridine rings is 2. The Bertz CT molecular complexity index is 770. The van der Waals surface area contributed by atoms with Crippen LogP contribution in [0.4, 0.5) is 0 Å². The third-order valence-corrected chi connectivity index (χ3v) is 3.14. The van der Waals surface area contributed by atoms with Gasteiger partial charge in [0.2, 0.25) is 0 Å². The summed E-state index contributed by atoms with van der Waals surface area (Å²) in [7, 11) is 0. The fraction of sp³-hybridized carbons (Fsp3) is 0.125. The lowest BCUT2D eigenvalue weighted by Gasteiger charge is -2.10. The number of aromatic nitrogens is 2. The van der Waals surface area contributed by atoms with Gasteiger partial charge in [-0.3, -0.25) is 9.78 Å². The molecule has 2 heterocycles. The standard InChI is InChI=1S/C16H14N2O/c1-12-10-13(11-18-8-6-14(19)7-9-18)15-4-2-3-5-16(15)17-12/h2-10H,11H2,1H3. The fourth-order valence-corrected chi connectivity index (χ4v) is 2.27. The second kappa shape index (κ2) is 4.69. The Balaban J connectivity index is 2.09. The SMILES string of the molecule is Cc1cc(Cn2ccc(=O)cc2)c2ccccc2n1. The average Bonchev–Trinajstić information content (AvgIpc) is 2.41. The molecule has 94 valence electrons. The Morgan fingerprint density at radius 1 is 1.11 bits per heavy atom. The molecule has 0 aliphatic rings. The predicted molar refractivity (Wildman–Crippen MR) is 76.3 cm³/mol. The maximum absolute atomic E-state index is 11.1. The van der Waals surface area contributed by atoms with E-state index in [1.54, 1.807) is 12.1 Å². The van der Waals surface area contributed by atoms with Crippen LogP contribution in [-0.4, -0.2) is 9.55 Å². The van der Waals surface area contributed by atoms with Gasteiger partial charge in [-0.25, -0.2) is 0 Å². The largest absolute Gasteiger partial charge is 0.350 e. The van der Waals surface area contributed by atoms with Gasteiger partial charge in [0.25, 0.3) is 0 Å². The van der Waals surface area contributed by atoms with Crippen molar-refractivity contribution < 1.29 is 0 Å². The quantitative estimate of drug-likeness (QED) is 0.701. The molecule has 3 aromatic rings. The van der Waals surface area contributed by atoms with Crippen molar-refractivity contribution in [1.82, 2.24) is 9.55 Å².